The number of aryl methyl sites for hydroxylation is 2. The molecule has 0 radical (unpaired) electrons. The van der Waals surface area contributed by atoms with Crippen LogP contribution in [0.2, 0.25) is 0 Å². The van der Waals surface area contributed by atoms with Gasteiger partial charge in [0, 0.05) is 23.4 Å². The van der Waals surface area contributed by atoms with Crippen molar-refractivity contribution in [3.8, 4) is 5.75 Å². The molecule has 2 aromatic heterocycles. The first kappa shape index (κ1) is 19.1. The third-order valence-electron chi connectivity index (χ3n) is 4.01. The average molecular weight is 387 g/mol. The Morgan fingerprint density at radius 2 is 2.15 bits per heavy atom. The number of thiophene rings is 1. The second-order valence-corrected chi connectivity index (χ2v) is 7.46. The third kappa shape index (κ3) is 5.17. The van der Waals surface area contributed by atoms with Crippen LogP contribution in [-0.4, -0.2) is 21.7 Å². The molecule has 142 valence electrons. The van der Waals surface area contributed by atoms with Crippen molar-refractivity contribution in [1.29, 1.82) is 0 Å². The number of halogens is 1. The summed E-state index contributed by atoms with van der Waals surface area (Å²) in [5.74, 6) is 0.00577. The Labute approximate surface area is 161 Å². The van der Waals surface area contributed by atoms with Gasteiger partial charge in [0.05, 0.1) is 17.1 Å². The number of aromatic nitrogens is 2. The molecule has 27 heavy (non-hydrogen) atoms. The van der Waals surface area contributed by atoms with E-state index in [4.69, 9.17) is 4.74 Å². The van der Waals surface area contributed by atoms with E-state index in [9.17, 15) is 9.18 Å². The van der Waals surface area contributed by atoms with Gasteiger partial charge in [-0.1, -0.05) is 6.07 Å². The molecule has 1 unspecified atom stereocenters. The second-order valence-electron chi connectivity index (χ2n) is 6.55. The summed E-state index contributed by atoms with van der Waals surface area (Å²) in [6.45, 7) is 6.81. The molecule has 1 amide bonds. The lowest BCUT2D eigenvalue weighted by Crippen LogP contribution is -2.35. The molecule has 5 nitrogen and oxygen atoms in total. The lowest BCUT2D eigenvalue weighted by Gasteiger charge is -2.14. The van der Waals surface area contributed by atoms with Crippen LogP contribution >= 0.6 is 11.3 Å². The van der Waals surface area contributed by atoms with Gasteiger partial charge in [-0.25, -0.2) is 4.39 Å². The first-order valence-corrected chi connectivity index (χ1v) is 9.56. The molecular weight excluding hydrogens is 365 g/mol. The number of ether oxygens (including phenoxy) is 1. The van der Waals surface area contributed by atoms with Crippen LogP contribution < -0.4 is 10.1 Å². The lowest BCUT2D eigenvalue weighted by molar-refractivity contribution is 0.0940. The van der Waals surface area contributed by atoms with Crippen molar-refractivity contribution in [2.45, 2.75) is 40.0 Å². The Bertz CT molecular complexity index is 935. The predicted octanol–water partition coefficient (Wildman–Crippen LogP) is 4.10. The Morgan fingerprint density at radius 3 is 2.85 bits per heavy atom. The number of amides is 1. The molecule has 1 atom stereocenters. The zero-order valence-corrected chi connectivity index (χ0v) is 16.3. The summed E-state index contributed by atoms with van der Waals surface area (Å²) in [5.41, 5.74) is 2.91. The van der Waals surface area contributed by atoms with Gasteiger partial charge in [0.2, 0.25) is 0 Å². The minimum Gasteiger partial charge on any atom is -0.489 e. The molecule has 0 aliphatic heterocycles. The maximum Gasteiger partial charge on any atom is 0.261 e. The molecule has 0 spiro atoms. The highest BCUT2D eigenvalue weighted by Gasteiger charge is 2.14. The largest absolute Gasteiger partial charge is 0.489 e. The van der Waals surface area contributed by atoms with E-state index >= 15 is 0 Å². The van der Waals surface area contributed by atoms with Crippen LogP contribution in [0.1, 0.15) is 33.5 Å². The summed E-state index contributed by atoms with van der Waals surface area (Å²) in [7, 11) is 0. The topological polar surface area (TPSA) is 56.2 Å². The predicted molar refractivity (Wildman–Crippen MR) is 104 cm³/mol. The van der Waals surface area contributed by atoms with Crippen molar-refractivity contribution in [3.05, 3.63) is 69.4 Å². The molecule has 2 heterocycles. The van der Waals surface area contributed by atoms with Crippen molar-refractivity contribution in [2.24, 2.45) is 0 Å². The summed E-state index contributed by atoms with van der Waals surface area (Å²) >= 11 is 1.36. The summed E-state index contributed by atoms with van der Waals surface area (Å²) in [6, 6.07) is 9.76. The molecule has 0 saturated carbocycles. The van der Waals surface area contributed by atoms with Gasteiger partial charge in [0.1, 0.15) is 18.2 Å². The standard InChI is InChI=1S/C20H22FN3O2S/c1-13-7-15(3)24(23-13)10-14(2)22-20(25)19-8-16(12-27-19)11-26-18-6-4-5-17(21)9-18/h4-9,12,14H,10-11H2,1-3H3,(H,22,25). The van der Waals surface area contributed by atoms with Gasteiger partial charge in [-0.05, 0) is 50.4 Å². The van der Waals surface area contributed by atoms with E-state index in [1.807, 2.05) is 36.9 Å². The van der Waals surface area contributed by atoms with Crippen LogP contribution in [0, 0.1) is 19.7 Å². The fraction of sp³-hybridized carbons (Fsp3) is 0.300. The van der Waals surface area contributed by atoms with Gasteiger partial charge >= 0.3 is 0 Å². The Kier molecular flexibility index (Phi) is 5.91. The van der Waals surface area contributed by atoms with Gasteiger partial charge in [-0.2, -0.15) is 5.10 Å². The molecule has 1 aromatic carbocycles. The number of hydrogen-bond donors (Lipinski definition) is 1. The third-order valence-corrected chi connectivity index (χ3v) is 4.98. The van der Waals surface area contributed by atoms with Crippen molar-refractivity contribution in [1.82, 2.24) is 15.1 Å². The van der Waals surface area contributed by atoms with Gasteiger partial charge in [0.25, 0.3) is 5.91 Å². The van der Waals surface area contributed by atoms with Crippen LogP contribution in [0.25, 0.3) is 0 Å². The van der Waals surface area contributed by atoms with Crippen molar-refractivity contribution >= 4 is 17.2 Å². The maximum atomic E-state index is 13.2. The van der Waals surface area contributed by atoms with E-state index in [1.54, 1.807) is 18.2 Å². The molecule has 1 N–H and O–H groups in total. The SMILES string of the molecule is Cc1cc(C)n(CC(C)NC(=O)c2cc(COc3cccc(F)c3)cs2)n1. The fourth-order valence-electron chi connectivity index (χ4n) is 2.75. The van der Waals surface area contributed by atoms with Crippen molar-refractivity contribution < 1.29 is 13.9 Å². The molecule has 3 aromatic rings. The molecule has 0 aliphatic rings. The summed E-state index contributed by atoms with van der Waals surface area (Å²) in [4.78, 5) is 13.1. The Hall–Kier alpha value is -2.67. The minimum absolute atomic E-state index is 0.0513. The molecular formula is C20H22FN3O2S. The fourth-order valence-corrected chi connectivity index (χ4v) is 3.55. The van der Waals surface area contributed by atoms with Crippen LogP contribution in [0.3, 0.4) is 0 Å². The van der Waals surface area contributed by atoms with E-state index in [1.165, 1.54) is 23.5 Å². The zero-order chi connectivity index (χ0) is 19.4. The van der Waals surface area contributed by atoms with Crippen LogP contribution in [0.4, 0.5) is 4.39 Å². The average Bonchev–Trinajstić information content (AvgIpc) is 3.20. The van der Waals surface area contributed by atoms with Crippen LogP contribution in [0.15, 0.2) is 41.8 Å². The number of carbonyl (C=O) groups is 1. The Balaban J connectivity index is 1.54. The second kappa shape index (κ2) is 8.35. The van der Waals surface area contributed by atoms with Gasteiger partial charge in [-0.3, -0.25) is 9.48 Å². The van der Waals surface area contributed by atoms with Crippen LogP contribution in [0.5, 0.6) is 5.75 Å². The number of nitrogens with one attached hydrogen (secondary N) is 1. The van der Waals surface area contributed by atoms with E-state index < -0.39 is 0 Å². The summed E-state index contributed by atoms with van der Waals surface area (Å²) in [5, 5.41) is 9.29. The molecule has 0 fully saturated rings. The molecule has 0 saturated heterocycles. The zero-order valence-electron chi connectivity index (χ0n) is 15.5. The number of benzene rings is 1. The van der Waals surface area contributed by atoms with Crippen molar-refractivity contribution in [3.63, 3.8) is 0 Å². The summed E-state index contributed by atoms with van der Waals surface area (Å²) < 4.78 is 20.6. The minimum atomic E-state index is -0.338. The first-order valence-electron chi connectivity index (χ1n) is 8.68. The number of hydrogen-bond acceptors (Lipinski definition) is 4. The Morgan fingerprint density at radius 1 is 1.33 bits per heavy atom. The normalized spacial score (nSPS) is 12.0. The highest BCUT2D eigenvalue weighted by Crippen LogP contribution is 2.18. The molecule has 3 rings (SSSR count). The van der Waals surface area contributed by atoms with Gasteiger partial charge in [-0.15, -0.1) is 11.3 Å². The molecule has 0 bridgehead atoms. The highest BCUT2D eigenvalue weighted by atomic mass is 32.1. The van der Waals surface area contributed by atoms with Crippen LogP contribution in [-0.2, 0) is 13.2 Å². The first-order chi connectivity index (χ1) is 12.9. The molecule has 7 heteroatoms. The maximum absolute atomic E-state index is 13.2. The molecule has 0 aliphatic carbocycles. The van der Waals surface area contributed by atoms with Gasteiger partial charge < -0.3 is 10.1 Å². The van der Waals surface area contributed by atoms with E-state index in [0.29, 0.717) is 17.2 Å². The highest BCUT2D eigenvalue weighted by molar-refractivity contribution is 7.12. The summed E-state index contributed by atoms with van der Waals surface area (Å²) in [6.07, 6.45) is 0. The smallest absolute Gasteiger partial charge is 0.261 e. The van der Waals surface area contributed by atoms with E-state index in [-0.39, 0.29) is 24.4 Å². The van der Waals surface area contributed by atoms with E-state index in [0.717, 1.165) is 17.0 Å². The lowest BCUT2D eigenvalue weighted by atomic mass is 10.3. The van der Waals surface area contributed by atoms with Gasteiger partial charge in [0.15, 0.2) is 0 Å². The number of rotatable bonds is 7. The number of carbonyl (C=O) groups excluding carboxylic acids is 1. The van der Waals surface area contributed by atoms with Crippen molar-refractivity contribution in [2.75, 3.05) is 0 Å². The monoisotopic (exact) mass is 387 g/mol. The quantitative estimate of drug-likeness (QED) is 0.664. The number of nitrogens with zero attached hydrogens (tertiary/aromatic N) is 2. The van der Waals surface area contributed by atoms with E-state index in [2.05, 4.69) is 10.4 Å².